The van der Waals surface area contributed by atoms with Crippen molar-refractivity contribution in [3.05, 3.63) is 40.7 Å². The van der Waals surface area contributed by atoms with Gasteiger partial charge in [0.05, 0.1) is 17.1 Å². The number of nitrogens with one attached hydrogen (secondary N) is 1. The van der Waals surface area contributed by atoms with Crippen LogP contribution in [0.5, 0.6) is 0 Å². The van der Waals surface area contributed by atoms with Crippen molar-refractivity contribution in [2.45, 2.75) is 39.2 Å². The molecule has 1 unspecified atom stereocenters. The predicted molar refractivity (Wildman–Crippen MR) is 85.9 cm³/mol. The van der Waals surface area contributed by atoms with Crippen LogP contribution in [-0.2, 0) is 17.6 Å². The topological polar surface area (TPSA) is 37.9 Å². The van der Waals surface area contributed by atoms with Crippen LogP contribution in [-0.4, -0.2) is 23.2 Å². The van der Waals surface area contributed by atoms with E-state index in [1.54, 1.807) is 0 Å². The third-order valence-corrected chi connectivity index (χ3v) is 4.99. The minimum absolute atomic E-state index is 0.348. The van der Waals surface area contributed by atoms with Gasteiger partial charge in [-0.2, -0.15) is 0 Å². The van der Waals surface area contributed by atoms with Gasteiger partial charge >= 0.3 is 0 Å². The fourth-order valence-electron chi connectivity index (χ4n) is 3.82. The number of hydrogen-bond acceptors (Lipinski definition) is 2. The molecule has 108 valence electrons. The van der Waals surface area contributed by atoms with Gasteiger partial charge < -0.3 is 9.72 Å². The fourth-order valence-corrected chi connectivity index (χ4v) is 3.82. The second-order valence-electron chi connectivity index (χ2n) is 6.08. The first kappa shape index (κ1) is 12.8. The molecule has 0 radical (unpaired) electrons. The number of nitrogens with zero attached hydrogens (tertiary/aromatic N) is 1. The zero-order chi connectivity index (χ0) is 14.6. The third-order valence-electron chi connectivity index (χ3n) is 4.99. The highest BCUT2D eigenvalue weighted by Gasteiger charge is 2.25. The van der Waals surface area contributed by atoms with Crippen molar-refractivity contribution < 1.29 is 4.74 Å². The molecule has 0 fully saturated rings. The van der Waals surface area contributed by atoms with Gasteiger partial charge in [0.1, 0.15) is 0 Å². The van der Waals surface area contributed by atoms with Gasteiger partial charge in [-0.15, -0.1) is 0 Å². The molecule has 3 heteroatoms. The average molecular weight is 280 g/mol. The molecule has 1 atom stereocenters. The minimum atomic E-state index is 0.348. The number of aromatic nitrogens is 2. The molecule has 0 amide bonds. The average Bonchev–Trinajstić information content (AvgIpc) is 2.91. The standard InChI is InChI=1S/C18H20N2O/c1-10-13-5-4-8-19-17(13)11(2)18-16(10)14-9-12(21-3)6-7-15(14)20-18/h4-5,8,12,20H,6-7,9H2,1-3H3. The minimum Gasteiger partial charge on any atom is -0.381 e. The summed E-state index contributed by atoms with van der Waals surface area (Å²) in [6.07, 6.45) is 5.42. The lowest BCUT2D eigenvalue weighted by molar-refractivity contribution is 0.0911. The van der Waals surface area contributed by atoms with E-state index in [0.717, 1.165) is 24.8 Å². The van der Waals surface area contributed by atoms with E-state index in [1.165, 1.54) is 38.7 Å². The molecule has 0 saturated heterocycles. The SMILES string of the molecule is COC1CCc2[nH]c3c(C)c4ncccc4c(C)c3c2C1. The normalized spacial score (nSPS) is 18.3. The summed E-state index contributed by atoms with van der Waals surface area (Å²) in [5, 5.41) is 2.66. The quantitative estimate of drug-likeness (QED) is 0.735. The number of pyridine rings is 1. The molecule has 0 bridgehead atoms. The second-order valence-corrected chi connectivity index (χ2v) is 6.08. The zero-order valence-corrected chi connectivity index (χ0v) is 12.8. The first-order valence-electron chi connectivity index (χ1n) is 7.60. The molecule has 0 spiro atoms. The molecule has 2 aromatic heterocycles. The molecule has 0 aliphatic heterocycles. The van der Waals surface area contributed by atoms with E-state index in [1.807, 2.05) is 19.4 Å². The Bertz CT molecular complexity index is 847. The van der Waals surface area contributed by atoms with Gasteiger partial charge in [-0.3, -0.25) is 4.98 Å². The second kappa shape index (κ2) is 4.57. The molecular weight excluding hydrogens is 260 g/mol. The Morgan fingerprint density at radius 1 is 1.29 bits per heavy atom. The number of methoxy groups -OCH3 is 1. The highest BCUT2D eigenvalue weighted by molar-refractivity contribution is 6.04. The van der Waals surface area contributed by atoms with E-state index >= 15 is 0 Å². The van der Waals surface area contributed by atoms with Crippen LogP contribution in [0.15, 0.2) is 18.3 Å². The number of aryl methyl sites for hydroxylation is 3. The van der Waals surface area contributed by atoms with Crippen LogP contribution in [0.3, 0.4) is 0 Å². The summed E-state index contributed by atoms with van der Waals surface area (Å²) < 4.78 is 5.60. The molecule has 21 heavy (non-hydrogen) atoms. The van der Waals surface area contributed by atoms with Crippen LogP contribution in [0.4, 0.5) is 0 Å². The summed E-state index contributed by atoms with van der Waals surface area (Å²) in [6.45, 7) is 4.39. The number of ether oxygens (including phenoxy) is 1. The van der Waals surface area contributed by atoms with Crippen LogP contribution in [0.25, 0.3) is 21.8 Å². The van der Waals surface area contributed by atoms with Crippen LogP contribution in [0, 0.1) is 13.8 Å². The van der Waals surface area contributed by atoms with Gasteiger partial charge in [-0.05, 0) is 49.4 Å². The molecule has 1 aliphatic rings. The number of fused-ring (bicyclic) bond motifs is 4. The van der Waals surface area contributed by atoms with Crippen molar-refractivity contribution in [3.8, 4) is 0 Å². The van der Waals surface area contributed by atoms with Crippen molar-refractivity contribution >= 4 is 21.8 Å². The lowest BCUT2D eigenvalue weighted by atomic mass is 9.90. The van der Waals surface area contributed by atoms with E-state index in [9.17, 15) is 0 Å². The predicted octanol–water partition coefficient (Wildman–Crippen LogP) is 3.84. The maximum atomic E-state index is 5.60. The van der Waals surface area contributed by atoms with E-state index in [0.29, 0.717) is 6.10 Å². The van der Waals surface area contributed by atoms with Gasteiger partial charge in [0, 0.05) is 36.2 Å². The summed E-state index contributed by atoms with van der Waals surface area (Å²) in [7, 11) is 1.82. The van der Waals surface area contributed by atoms with Gasteiger partial charge in [0.25, 0.3) is 0 Å². The van der Waals surface area contributed by atoms with E-state index in [2.05, 4.69) is 29.9 Å². The molecule has 3 aromatic rings. The first-order chi connectivity index (χ1) is 10.2. The summed E-state index contributed by atoms with van der Waals surface area (Å²) in [4.78, 5) is 8.25. The van der Waals surface area contributed by atoms with E-state index < -0.39 is 0 Å². The Labute approximate surface area is 124 Å². The Balaban J connectivity index is 2.10. The summed E-state index contributed by atoms with van der Waals surface area (Å²) in [5.41, 5.74) is 7.82. The Morgan fingerprint density at radius 3 is 2.95 bits per heavy atom. The highest BCUT2D eigenvalue weighted by atomic mass is 16.5. The van der Waals surface area contributed by atoms with Crippen LogP contribution < -0.4 is 0 Å². The van der Waals surface area contributed by atoms with Crippen LogP contribution >= 0.6 is 0 Å². The Morgan fingerprint density at radius 2 is 2.14 bits per heavy atom. The lowest BCUT2D eigenvalue weighted by Gasteiger charge is -2.21. The van der Waals surface area contributed by atoms with Gasteiger partial charge in [0.2, 0.25) is 0 Å². The monoisotopic (exact) mass is 280 g/mol. The fraction of sp³-hybridized carbons (Fsp3) is 0.389. The summed E-state index contributed by atoms with van der Waals surface area (Å²) in [6, 6.07) is 4.21. The van der Waals surface area contributed by atoms with Crippen LogP contribution in [0.1, 0.15) is 28.8 Å². The maximum Gasteiger partial charge on any atom is 0.0754 e. The molecule has 0 saturated carbocycles. The number of benzene rings is 1. The molecule has 4 rings (SSSR count). The van der Waals surface area contributed by atoms with E-state index in [-0.39, 0.29) is 0 Å². The van der Waals surface area contributed by atoms with Crippen molar-refractivity contribution in [1.29, 1.82) is 0 Å². The lowest BCUT2D eigenvalue weighted by Crippen LogP contribution is -2.20. The molecule has 3 nitrogen and oxygen atoms in total. The molecule has 1 aliphatic carbocycles. The van der Waals surface area contributed by atoms with Crippen LogP contribution in [0.2, 0.25) is 0 Å². The highest BCUT2D eigenvalue weighted by Crippen LogP contribution is 2.37. The maximum absolute atomic E-state index is 5.60. The first-order valence-corrected chi connectivity index (χ1v) is 7.60. The van der Waals surface area contributed by atoms with Gasteiger partial charge in [0.15, 0.2) is 0 Å². The van der Waals surface area contributed by atoms with Crippen molar-refractivity contribution in [2.75, 3.05) is 7.11 Å². The zero-order valence-electron chi connectivity index (χ0n) is 12.8. The number of rotatable bonds is 1. The largest absolute Gasteiger partial charge is 0.381 e. The number of H-pyrrole nitrogens is 1. The van der Waals surface area contributed by atoms with Crippen molar-refractivity contribution in [3.63, 3.8) is 0 Å². The number of hydrogen-bond donors (Lipinski definition) is 1. The van der Waals surface area contributed by atoms with E-state index in [4.69, 9.17) is 4.74 Å². The number of aromatic amines is 1. The van der Waals surface area contributed by atoms with Gasteiger partial charge in [-0.25, -0.2) is 0 Å². The molecule has 1 N–H and O–H groups in total. The van der Waals surface area contributed by atoms with Gasteiger partial charge in [-0.1, -0.05) is 6.07 Å². The Hall–Kier alpha value is -1.87. The Kier molecular flexibility index (Phi) is 2.79. The molecular formula is C18H20N2O. The summed E-state index contributed by atoms with van der Waals surface area (Å²) in [5.74, 6) is 0. The van der Waals surface area contributed by atoms with Crippen molar-refractivity contribution in [2.24, 2.45) is 0 Å². The third kappa shape index (κ3) is 1.74. The summed E-state index contributed by atoms with van der Waals surface area (Å²) >= 11 is 0. The molecule has 2 heterocycles. The molecule has 1 aromatic carbocycles. The van der Waals surface area contributed by atoms with Crippen molar-refractivity contribution in [1.82, 2.24) is 9.97 Å². The smallest absolute Gasteiger partial charge is 0.0754 e.